The Morgan fingerprint density at radius 3 is 2.14 bits per heavy atom. The summed E-state index contributed by atoms with van der Waals surface area (Å²) in [6.45, 7) is 8.31. The van der Waals surface area contributed by atoms with Crippen LogP contribution in [-0.4, -0.2) is 45.8 Å². The lowest BCUT2D eigenvalue weighted by atomic mass is 10.2. The highest BCUT2D eigenvalue weighted by atomic mass is 16.7. The van der Waals surface area contributed by atoms with Gasteiger partial charge in [-0.2, -0.15) is 0 Å². The van der Waals surface area contributed by atoms with E-state index in [0.717, 1.165) is 6.54 Å². The Kier molecular flexibility index (Phi) is 7.09. The van der Waals surface area contributed by atoms with Crippen molar-refractivity contribution in [3.05, 3.63) is 0 Å². The Labute approximate surface area is 86.9 Å². The summed E-state index contributed by atoms with van der Waals surface area (Å²) in [7, 11) is 3.25. The van der Waals surface area contributed by atoms with Crippen LogP contribution in [0.1, 0.15) is 20.8 Å². The maximum atomic E-state index is 5.53. The minimum Gasteiger partial charge on any atom is -0.375 e. The average Bonchev–Trinajstić information content (AvgIpc) is 2.09. The molecule has 0 aromatic rings. The van der Waals surface area contributed by atoms with Gasteiger partial charge in [-0.15, -0.1) is 0 Å². The van der Waals surface area contributed by atoms with E-state index in [4.69, 9.17) is 14.2 Å². The zero-order chi connectivity index (χ0) is 11.0. The third-order valence-corrected chi connectivity index (χ3v) is 1.65. The van der Waals surface area contributed by atoms with Gasteiger partial charge in [0, 0.05) is 27.3 Å². The second kappa shape index (κ2) is 7.17. The smallest absolute Gasteiger partial charge is 0.169 e. The van der Waals surface area contributed by atoms with Crippen LogP contribution < -0.4 is 5.32 Å². The van der Waals surface area contributed by atoms with Gasteiger partial charge in [0.1, 0.15) is 0 Å². The highest BCUT2D eigenvalue weighted by Gasteiger charge is 2.09. The van der Waals surface area contributed by atoms with Crippen LogP contribution in [0.25, 0.3) is 0 Å². The molecule has 0 saturated heterocycles. The van der Waals surface area contributed by atoms with E-state index < -0.39 is 0 Å². The summed E-state index contributed by atoms with van der Waals surface area (Å²) < 4.78 is 15.6. The van der Waals surface area contributed by atoms with Crippen molar-refractivity contribution >= 4 is 0 Å². The Hall–Kier alpha value is -0.160. The molecule has 0 aliphatic rings. The quantitative estimate of drug-likeness (QED) is 0.497. The molecule has 0 saturated carbocycles. The van der Waals surface area contributed by atoms with Crippen molar-refractivity contribution in [1.82, 2.24) is 5.32 Å². The molecule has 0 aliphatic heterocycles. The standard InChI is InChI=1S/C10H23NO3/c1-10(2,3)14-7-6-11-8-9(12-4)13-5/h9,11H,6-8H2,1-5H3. The molecule has 86 valence electrons. The Morgan fingerprint density at radius 1 is 1.14 bits per heavy atom. The van der Waals surface area contributed by atoms with Crippen LogP contribution in [0.2, 0.25) is 0 Å². The molecule has 0 aliphatic carbocycles. The van der Waals surface area contributed by atoms with Gasteiger partial charge in [0.2, 0.25) is 0 Å². The second-order valence-corrected chi connectivity index (χ2v) is 4.07. The molecule has 0 bridgehead atoms. The molecular weight excluding hydrogens is 182 g/mol. The van der Waals surface area contributed by atoms with E-state index >= 15 is 0 Å². The van der Waals surface area contributed by atoms with Gasteiger partial charge in [-0.3, -0.25) is 0 Å². The van der Waals surface area contributed by atoms with Gasteiger partial charge in [-0.05, 0) is 20.8 Å². The summed E-state index contributed by atoms with van der Waals surface area (Å²) in [5.74, 6) is 0. The van der Waals surface area contributed by atoms with Crippen LogP contribution in [0, 0.1) is 0 Å². The molecule has 0 fully saturated rings. The molecule has 0 aromatic carbocycles. The van der Waals surface area contributed by atoms with Gasteiger partial charge < -0.3 is 19.5 Å². The van der Waals surface area contributed by atoms with Crippen molar-refractivity contribution in [2.24, 2.45) is 0 Å². The first-order valence-corrected chi connectivity index (χ1v) is 4.90. The maximum absolute atomic E-state index is 5.53. The topological polar surface area (TPSA) is 39.7 Å². The third-order valence-electron chi connectivity index (χ3n) is 1.65. The van der Waals surface area contributed by atoms with Crippen molar-refractivity contribution in [3.8, 4) is 0 Å². The molecule has 0 rings (SSSR count). The molecule has 1 N–H and O–H groups in total. The van der Waals surface area contributed by atoms with E-state index in [-0.39, 0.29) is 11.9 Å². The molecule has 0 heterocycles. The van der Waals surface area contributed by atoms with Gasteiger partial charge in [0.05, 0.1) is 12.2 Å². The number of rotatable bonds is 7. The van der Waals surface area contributed by atoms with Crippen molar-refractivity contribution in [1.29, 1.82) is 0 Å². The molecule has 4 nitrogen and oxygen atoms in total. The van der Waals surface area contributed by atoms with Crippen molar-refractivity contribution in [3.63, 3.8) is 0 Å². The van der Waals surface area contributed by atoms with E-state index in [1.165, 1.54) is 0 Å². The van der Waals surface area contributed by atoms with Crippen LogP contribution in [0.3, 0.4) is 0 Å². The van der Waals surface area contributed by atoms with Gasteiger partial charge in [0.15, 0.2) is 6.29 Å². The SMILES string of the molecule is COC(CNCCOC(C)(C)C)OC. The summed E-state index contributed by atoms with van der Waals surface area (Å²) in [6, 6.07) is 0. The summed E-state index contributed by atoms with van der Waals surface area (Å²) in [5.41, 5.74) is -0.0659. The van der Waals surface area contributed by atoms with Crippen LogP contribution in [0.15, 0.2) is 0 Å². The fourth-order valence-corrected chi connectivity index (χ4v) is 0.912. The monoisotopic (exact) mass is 205 g/mol. The van der Waals surface area contributed by atoms with Crippen molar-refractivity contribution < 1.29 is 14.2 Å². The van der Waals surface area contributed by atoms with Crippen molar-refractivity contribution in [2.45, 2.75) is 32.7 Å². The first-order chi connectivity index (χ1) is 6.49. The molecule has 0 atom stereocenters. The predicted octanol–water partition coefficient (Wildman–Crippen LogP) is 1.01. The van der Waals surface area contributed by atoms with E-state index in [9.17, 15) is 0 Å². The summed E-state index contributed by atoms with van der Waals surface area (Å²) in [6.07, 6.45) is -0.176. The maximum Gasteiger partial charge on any atom is 0.169 e. The minimum absolute atomic E-state index is 0.0659. The fraction of sp³-hybridized carbons (Fsp3) is 1.00. The Morgan fingerprint density at radius 2 is 1.71 bits per heavy atom. The zero-order valence-corrected chi connectivity index (χ0v) is 9.92. The van der Waals surface area contributed by atoms with Gasteiger partial charge in [0.25, 0.3) is 0 Å². The average molecular weight is 205 g/mol. The third kappa shape index (κ3) is 8.44. The predicted molar refractivity (Wildman–Crippen MR) is 56.4 cm³/mol. The molecule has 0 radical (unpaired) electrons. The largest absolute Gasteiger partial charge is 0.375 e. The normalized spacial score (nSPS) is 12.4. The first-order valence-electron chi connectivity index (χ1n) is 4.90. The van der Waals surface area contributed by atoms with Gasteiger partial charge >= 0.3 is 0 Å². The molecule has 14 heavy (non-hydrogen) atoms. The summed E-state index contributed by atoms with van der Waals surface area (Å²) in [4.78, 5) is 0. The highest BCUT2D eigenvalue weighted by molar-refractivity contribution is 4.59. The minimum atomic E-state index is -0.176. The van der Waals surface area contributed by atoms with E-state index in [1.54, 1.807) is 14.2 Å². The van der Waals surface area contributed by atoms with E-state index in [2.05, 4.69) is 5.32 Å². The lowest BCUT2D eigenvalue weighted by molar-refractivity contribution is -0.0996. The second-order valence-electron chi connectivity index (χ2n) is 4.07. The van der Waals surface area contributed by atoms with Gasteiger partial charge in [-0.1, -0.05) is 0 Å². The van der Waals surface area contributed by atoms with Crippen LogP contribution >= 0.6 is 0 Å². The number of hydrogen-bond donors (Lipinski definition) is 1. The lowest BCUT2D eigenvalue weighted by Gasteiger charge is -2.20. The van der Waals surface area contributed by atoms with E-state index in [0.29, 0.717) is 13.2 Å². The summed E-state index contributed by atoms with van der Waals surface area (Å²) >= 11 is 0. The molecule has 0 spiro atoms. The number of methoxy groups -OCH3 is 2. The zero-order valence-electron chi connectivity index (χ0n) is 9.92. The molecular formula is C10H23NO3. The van der Waals surface area contributed by atoms with Crippen LogP contribution in [-0.2, 0) is 14.2 Å². The molecule has 0 unspecified atom stereocenters. The van der Waals surface area contributed by atoms with E-state index in [1.807, 2.05) is 20.8 Å². The number of hydrogen-bond acceptors (Lipinski definition) is 4. The molecule has 0 amide bonds. The van der Waals surface area contributed by atoms with Gasteiger partial charge in [-0.25, -0.2) is 0 Å². The van der Waals surface area contributed by atoms with Crippen molar-refractivity contribution in [2.75, 3.05) is 33.9 Å². The lowest BCUT2D eigenvalue weighted by Crippen LogP contribution is -2.33. The molecule has 4 heteroatoms. The Balaban J connectivity index is 3.29. The number of nitrogens with one attached hydrogen (secondary N) is 1. The highest BCUT2D eigenvalue weighted by Crippen LogP contribution is 2.04. The number of ether oxygens (including phenoxy) is 3. The van der Waals surface area contributed by atoms with Crippen LogP contribution in [0.4, 0.5) is 0 Å². The summed E-state index contributed by atoms with van der Waals surface area (Å²) in [5, 5.41) is 3.18. The first kappa shape index (κ1) is 13.8. The molecule has 0 aromatic heterocycles. The fourth-order valence-electron chi connectivity index (χ4n) is 0.912. The van der Waals surface area contributed by atoms with Crippen LogP contribution in [0.5, 0.6) is 0 Å². The Bertz CT molecular complexity index is 130.